The number of amides is 2. The standard InChI is InChI=1S/C14H22N4O2/c1-4-18(5-2)9-8-16-14(20)12-6-7-15-13(10-12)17-11(3)19/h6-7,10H,4-5,8-9H2,1-3H3,(H,16,20)(H,15,17,19). The first-order chi connectivity index (χ1) is 9.56. The van der Waals surface area contributed by atoms with E-state index in [4.69, 9.17) is 0 Å². The van der Waals surface area contributed by atoms with E-state index in [0.29, 0.717) is 17.9 Å². The van der Waals surface area contributed by atoms with Gasteiger partial charge in [-0.2, -0.15) is 0 Å². The van der Waals surface area contributed by atoms with Crippen LogP contribution in [0.1, 0.15) is 31.1 Å². The molecule has 1 rings (SSSR count). The second-order valence-corrected chi connectivity index (χ2v) is 4.39. The minimum absolute atomic E-state index is 0.161. The van der Waals surface area contributed by atoms with E-state index in [2.05, 4.69) is 34.4 Å². The molecule has 2 N–H and O–H groups in total. The number of pyridine rings is 1. The number of anilines is 1. The van der Waals surface area contributed by atoms with Gasteiger partial charge in [-0.05, 0) is 25.2 Å². The Morgan fingerprint density at radius 1 is 1.30 bits per heavy atom. The molecule has 0 saturated heterocycles. The van der Waals surface area contributed by atoms with Crippen LogP contribution < -0.4 is 10.6 Å². The summed E-state index contributed by atoms with van der Waals surface area (Å²) in [5, 5.41) is 5.41. The zero-order valence-corrected chi connectivity index (χ0v) is 12.3. The number of aromatic nitrogens is 1. The van der Waals surface area contributed by atoms with Crippen molar-refractivity contribution in [1.82, 2.24) is 15.2 Å². The van der Waals surface area contributed by atoms with E-state index in [1.165, 1.54) is 13.1 Å². The highest BCUT2D eigenvalue weighted by Gasteiger charge is 2.07. The first-order valence-corrected chi connectivity index (χ1v) is 6.81. The van der Waals surface area contributed by atoms with Crippen LogP contribution in [0.3, 0.4) is 0 Å². The van der Waals surface area contributed by atoms with Crippen molar-refractivity contribution in [3.8, 4) is 0 Å². The lowest BCUT2D eigenvalue weighted by Crippen LogP contribution is -2.34. The number of carbonyl (C=O) groups is 2. The van der Waals surface area contributed by atoms with Crippen LogP contribution in [-0.2, 0) is 4.79 Å². The Bertz CT molecular complexity index is 458. The molecule has 0 saturated carbocycles. The van der Waals surface area contributed by atoms with Gasteiger partial charge >= 0.3 is 0 Å². The summed E-state index contributed by atoms with van der Waals surface area (Å²) in [5.74, 6) is 0.0108. The molecule has 0 aliphatic rings. The van der Waals surface area contributed by atoms with E-state index in [1.54, 1.807) is 12.1 Å². The largest absolute Gasteiger partial charge is 0.351 e. The minimum Gasteiger partial charge on any atom is -0.351 e. The van der Waals surface area contributed by atoms with Crippen molar-refractivity contribution in [3.05, 3.63) is 23.9 Å². The Hall–Kier alpha value is -1.95. The van der Waals surface area contributed by atoms with Crippen molar-refractivity contribution < 1.29 is 9.59 Å². The van der Waals surface area contributed by atoms with Gasteiger partial charge in [0.15, 0.2) is 0 Å². The molecular formula is C14H22N4O2. The van der Waals surface area contributed by atoms with Crippen LogP contribution in [0.5, 0.6) is 0 Å². The first kappa shape index (κ1) is 16.1. The minimum atomic E-state index is -0.211. The lowest BCUT2D eigenvalue weighted by molar-refractivity contribution is -0.114. The normalized spacial score (nSPS) is 10.4. The van der Waals surface area contributed by atoms with Crippen molar-refractivity contribution in [2.45, 2.75) is 20.8 Å². The smallest absolute Gasteiger partial charge is 0.251 e. The van der Waals surface area contributed by atoms with Gasteiger partial charge in [0.1, 0.15) is 5.82 Å². The summed E-state index contributed by atoms with van der Waals surface area (Å²) in [7, 11) is 0. The van der Waals surface area contributed by atoms with Crippen LogP contribution in [0.25, 0.3) is 0 Å². The van der Waals surface area contributed by atoms with Gasteiger partial charge in [-0.3, -0.25) is 9.59 Å². The third-order valence-corrected chi connectivity index (χ3v) is 2.93. The monoisotopic (exact) mass is 278 g/mol. The van der Waals surface area contributed by atoms with Crippen molar-refractivity contribution in [1.29, 1.82) is 0 Å². The number of rotatable bonds is 7. The fraction of sp³-hybridized carbons (Fsp3) is 0.500. The highest BCUT2D eigenvalue weighted by molar-refractivity contribution is 5.96. The summed E-state index contributed by atoms with van der Waals surface area (Å²) in [5.41, 5.74) is 0.489. The van der Waals surface area contributed by atoms with E-state index in [0.717, 1.165) is 19.6 Å². The number of hydrogen-bond acceptors (Lipinski definition) is 4. The molecule has 0 aliphatic heterocycles. The van der Waals surface area contributed by atoms with Crippen LogP contribution in [0.2, 0.25) is 0 Å². The molecule has 6 heteroatoms. The predicted molar refractivity (Wildman–Crippen MR) is 78.7 cm³/mol. The summed E-state index contributed by atoms with van der Waals surface area (Å²) in [4.78, 5) is 29.1. The van der Waals surface area contributed by atoms with Crippen LogP contribution in [0.15, 0.2) is 18.3 Å². The van der Waals surface area contributed by atoms with Gasteiger partial charge in [-0.25, -0.2) is 4.98 Å². The second kappa shape index (κ2) is 8.27. The Morgan fingerprint density at radius 2 is 2.00 bits per heavy atom. The van der Waals surface area contributed by atoms with Gasteiger partial charge in [-0.15, -0.1) is 0 Å². The number of nitrogens with zero attached hydrogens (tertiary/aromatic N) is 2. The van der Waals surface area contributed by atoms with Gasteiger partial charge in [0.2, 0.25) is 5.91 Å². The van der Waals surface area contributed by atoms with Crippen LogP contribution in [0.4, 0.5) is 5.82 Å². The molecule has 2 amide bonds. The third-order valence-electron chi connectivity index (χ3n) is 2.93. The first-order valence-electron chi connectivity index (χ1n) is 6.81. The number of hydrogen-bond donors (Lipinski definition) is 2. The topological polar surface area (TPSA) is 74.3 Å². The van der Waals surface area contributed by atoms with Crippen molar-refractivity contribution in [2.24, 2.45) is 0 Å². The molecule has 6 nitrogen and oxygen atoms in total. The zero-order chi connectivity index (χ0) is 15.0. The molecule has 1 heterocycles. The predicted octanol–water partition coefficient (Wildman–Crippen LogP) is 1.11. The molecule has 0 aliphatic carbocycles. The molecule has 110 valence electrons. The van der Waals surface area contributed by atoms with Crippen molar-refractivity contribution >= 4 is 17.6 Å². The zero-order valence-electron chi connectivity index (χ0n) is 12.3. The van der Waals surface area contributed by atoms with Crippen LogP contribution in [0, 0.1) is 0 Å². The fourth-order valence-corrected chi connectivity index (χ4v) is 1.79. The maximum atomic E-state index is 12.0. The molecule has 0 spiro atoms. The van der Waals surface area contributed by atoms with Crippen LogP contribution in [-0.4, -0.2) is 47.9 Å². The molecule has 0 fully saturated rings. The van der Waals surface area contributed by atoms with Gasteiger partial charge in [0.25, 0.3) is 5.91 Å². The van der Waals surface area contributed by atoms with Gasteiger partial charge in [-0.1, -0.05) is 13.8 Å². The lowest BCUT2D eigenvalue weighted by atomic mass is 10.2. The lowest BCUT2D eigenvalue weighted by Gasteiger charge is -2.17. The third kappa shape index (κ3) is 5.36. The number of nitrogens with one attached hydrogen (secondary N) is 2. The van der Waals surface area contributed by atoms with E-state index in [-0.39, 0.29) is 11.8 Å². The molecule has 1 aromatic rings. The maximum Gasteiger partial charge on any atom is 0.251 e. The number of likely N-dealkylation sites (N-methyl/N-ethyl adjacent to an activating group) is 1. The number of carbonyl (C=O) groups excluding carboxylic acids is 2. The van der Waals surface area contributed by atoms with E-state index in [1.807, 2.05) is 0 Å². The molecule has 0 aromatic carbocycles. The summed E-state index contributed by atoms with van der Waals surface area (Å²) in [6.45, 7) is 8.93. The van der Waals surface area contributed by atoms with Gasteiger partial charge < -0.3 is 15.5 Å². The average molecular weight is 278 g/mol. The maximum absolute atomic E-state index is 12.0. The Morgan fingerprint density at radius 3 is 2.60 bits per heavy atom. The highest BCUT2D eigenvalue weighted by atomic mass is 16.2. The molecule has 20 heavy (non-hydrogen) atoms. The van der Waals surface area contributed by atoms with Gasteiger partial charge in [0.05, 0.1) is 0 Å². The SMILES string of the molecule is CCN(CC)CCNC(=O)c1ccnc(NC(C)=O)c1. The van der Waals surface area contributed by atoms with Crippen LogP contribution >= 0.6 is 0 Å². The summed E-state index contributed by atoms with van der Waals surface area (Å²) < 4.78 is 0. The second-order valence-electron chi connectivity index (χ2n) is 4.39. The Balaban J connectivity index is 2.52. The summed E-state index contributed by atoms with van der Waals surface area (Å²) >= 11 is 0. The van der Waals surface area contributed by atoms with E-state index < -0.39 is 0 Å². The van der Waals surface area contributed by atoms with Crippen molar-refractivity contribution in [3.63, 3.8) is 0 Å². The molecule has 1 aromatic heterocycles. The Labute approximate surface area is 119 Å². The summed E-state index contributed by atoms with van der Waals surface area (Å²) in [6.07, 6.45) is 1.50. The highest BCUT2D eigenvalue weighted by Crippen LogP contribution is 2.06. The molecule has 0 atom stereocenters. The quantitative estimate of drug-likeness (QED) is 0.783. The molecular weight excluding hydrogens is 256 g/mol. The fourth-order valence-electron chi connectivity index (χ4n) is 1.79. The van der Waals surface area contributed by atoms with Crippen molar-refractivity contribution in [2.75, 3.05) is 31.5 Å². The molecule has 0 unspecified atom stereocenters. The van der Waals surface area contributed by atoms with Gasteiger partial charge in [0, 0.05) is 31.8 Å². The Kier molecular flexibility index (Phi) is 6.66. The van der Waals surface area contributed by atoms with E-state index in [9.17, 15) is 9.59 Å². The van der Waals surface area contributed by atoms with E-state index >= 15 is 0 Å². The summed E-state index contributed by atoms with van der Waals surface area (Å²) in [6, 6.07) is 3.19. The molecule has 0 radical (unpaired) electrons. The molecule has 0 bridgehead atoms. The average Bonchev–Trinajstić information content (AvgIpc) is 2.43.